The van der Waals surface area contributed by atoms with Crippen molar-refractivity contribution in [3.8, 4) is 0 Å². The first-order valence-electron chi connectivity index (χ1n) is 24.8. The van der Waals surface area contributed by atoms with Gasteiger partial charge in [-0.3, -0.25) is 47.9 Å². The topological polar surface area (TPSA) is 389 Å². The molecule has 25 heteroatoms. The minimum atomic E-state index is -1.64. The second-order valence-electron chi connectivity index (χ2n) is 19.7. The summed E-state index contributed by atoms with van der Waals surface area (Å²) in [5.74, 6) is -9.46. The molecular formula is C49H76N12O12S. The number of benzene rings is 1. The van der Waals surface area contributed by atoms with Gasteiger partial charge in [0.15, 0.2) is 0 Å². The van der Waals surface area contributed by atoms with Gasteiger partial charge in [-0.05, 0) is 79.9 Å². The molecule has 1 aromatic carbocycles. The molecule has 0 radical (unpaired) electrons. The van der Waals surface area contributed by atoms with E-state index in [4.69, 9.17) is 17.2 Å². The van der Waals surface area contributed by atoms with Gasteiger partial charge in [0.2, 0.25) is 59.1 Å². The van der Waals surface area contributed by atoms with Crippen LogP contribution in [0.15, 0.2) is 30.5 Å². The fourth-order valence-corrected chi connectivity index (χ4v) is 8.85. The standard InChI is InChI=1S/C49H76N12O12S/c1-25(2)19-30(50)42(65)57-34(20-26(3)4)46(69)58-35(21-28-23-53-31-12-9-8-11-29(28)31)47(70)59-36(22-39(52)63)43(66)54-24-40(64)61-17-10-13-37(61)48(71)56-33(16-18-74-7)44(67)55-32(14-15-38(51)62)45(68)60-41(27(5)6)49(72)73/h8-9,11-12,23,25-27,30,32-37,41,53H,10,13-22,24,50H2,1-7H3,(H2,51,62)(H2,52,63)(H,54,66)(H,55,67)(H,56,71)(H,57,65)(H,58,69)(H,59,70)(H,60,68)(H,72,73)/t30-,32-,33-,34-,35-,36-,37-,41-/m0/s1. The number of para-hydroxylation sites is 1. The van der Waals surface area contributed by atoms with Crippen molar-refractivity contribution in [2.45, 2.75) is 148 Å². The zero-order valence-corrected chi connectivity index (χ0v) is 44.1. The summed E-state index contributed by atoms with van der Waals surface area (Å²) in [6.45, 7) is 10.1. The van der Waals surface area contributed by atoms with Crippen molar-refractivity contribution in [3.05, 3.63) is 36.0 Å². The highest BCUT2D eigenvalue weighted by molar-refractivity contribution is 7.98. The van der Waals surface area contributed by atoms with E-state index in [1.54, 1.807) is 32.4 Å². The summed E-state index contributed by atoms with van der Waals surface area (Å²) in [6, 6.07) is -2.82. The molecule has 2 aromatic rings. The van der Waals surface area contributed by atoms with E-state index in [9.17, 15) is 57.8 Å². The molecule has 8 atom stereocenters. The molecule has 0 aliphatic carbocycles. The van der Waals surface area contributed by atoms with E-state index >= 15 is 0 Å². The number of hydrogen-bond donors (Lipinski definition) is 12. The van der Waals surface area contributed by atoms with Crippen molar-refractivity contribution in [3.63, 3.8) is 0 Å². The van der Waals surface area contributed by atoms with Gasteiger partial charge in [0.1, 0.15) is 42.3 Å². The highest BCUT2D eigenvalue weighted by Gasteiger charge is 2.38. The molecule has 0 bridgehead atoms. The van der Waals surface area contributed by atoms with Crippen LogP contribution >= 0.6 is 11.8 Å². The molecular weight excluding hydrogens is 981 g/mol. The number of aromatic amines is 1. The number of rotatable bonds is 31. The molecule has 1 aliphatic rings. The van der Waals surface area contributed by atoms with Crippen LogP contribution in [0.3, 0.4) is 0 Å². The first-order valence-corrected chi connectivity index (χ1v) is 26.2. The molecule has 74 heavy (non-hydrogen) atoms. The number of likely N-dealkylation sites (tertiary alicyclic amines) is 1. The van der Waals surface area contributed by atoms with Crippen molar-refractivity contribution in [2.24, 2.45) is 35.0 Å². The Kier molecular flexibility index (Phi) is 24.8. The van der Waals surface area contributed by atoms with E-state index in [1.165, 1.54) is 16.7 Å². The molecule has 3 rings (SSSR count). The molecule has 10 amide bonds. The average Bonchev–Trinajstić information content (AvgIpc) is 3.99. The minimum Gasteiger partial charge on any atom is -0.480 e. The molecule has 1 aliphatic heterocycles. The van der Waals surface area contributed by atoms with Gasteiger partial charge in [-0.15, -0.1) is 0 Å². The van der Waals surface area contributed by atoms with Crippen LogP contribution in [0.5, 0.6) is 0 Å². The summed E-state index contributed by atoms with van der Waals surface area (Å²) in [7, 11) is 0. The number of aliphatic carboxylic acids is 1. The van der Waals surface area contributed by atoms with Crippen molar-refractivity contribution in [1.82, 2.24) is 47.1 Å². The normalized spacial score (nSPS) is 16.3. The Morgan fingerprint density at radius 2 is 1.30 bits per heavy atom. The van der Waals surface area contributed by atoms with Gasteiger partial charge in [-0.2, -0.15) is 11.8 Å². The van der Waals surface area contributed by atoms with Crippen molar-refractivity contribution in [2.75, 3.05) is 25.1 Å². The van der Waals surface area contributed by atoms with Crippen molar-refractivity contribution < 1.29 is 57.8 Å². The fraction of sp³-hybridized carbons (Fsp3) is 0.612. The predicted octanol–water partition coefficient (Wildman–Crippen LogP) is -1.22. The van der Waals surface area contributed by atoms with E-state index < -0.39 is 132 Å². The lowest BCUT2D eigenvalue weighted by molar-refractivity contribution is -0.143. The number of carboxylic acids is 1. The van der Waals surface area contributed by atoms with Gasteiger partial charge in [0.05, 0.1) is 19.0 Å². The molecule has 1 saturated heterocycles. The third-order valence-corrected chi connectivity index (χ3v) is 12.9. The number of nitrogens with one attached hydrogen (secondary N) is 8. The number of hydrogen-bond acceptors (Lipinski definition) is 13. The third kappa shape index (κ3) is 19.6. The number of carbonyl (C=O) groups is 11. The molecule has 1 aromatic heterocycles. The van der Waals surface area contributed by atoms with Crippen molar-refractivity contribution >= 4 is 87.7 Å². The number of H-pyrrole nitrogens is 1. The van der Waals surface area contributed by atoms with Gasteiger partial charge < -0.3 is 69.4 Å². The first kappa shape index (κ1) is 61.5. The van der Waals surface area contributed by atoms with E-state index in [0.717, 1.165) is 10.9 Å². The summed E-state index contributed by atoms with van der Waals surface area (Å²) in [6.07, 6.45) is 3.20. The van der Waals surface area contributed by atoms with Crippen LogP contribution in [-0.4, -0.2) is 153 Å². The van der Waals surface area contributed by atoms with Gasteiger partial charge in [-0.1, -0.05) is 59.7 Å². The number of aromatic nitrogens is 1. The van der Waals surface area contributed by atoms with Gasteiger partial charge >= 0.3 is 5.97 Å². The largest absolute Gasteiger partial charge is 0.480 e. The summed E-state index contributed by atoms with van der Waals surface area (Å²) in [4.78, 5) is 150. The zero-order valence-electron chi connectivity index (χ0n) is 43.2. The lowest BCUT2D eigenvalue weighted by atomic mass is 9.99. The van der Waals surface area contributed by atoms with Crippen LogP contribution in [0.2, 0.25) is 0 Å². The highest BCUT2D eigenvalue weighted by Crippen LogP contribution is 2.21. The van der Waals surface area contributed by atoms with Crippen LogP contribution in [0, 0.1) is 17.8 Å². The number of nitrogens with two attached hydrogens (primary N) is 3. The third-order valence-electron chi connectivity index (χ3n) is 12.2. The Labute approximate surface area is 435 Å². The monoisotopic (exact) mass is 1060 g/mol. The summed E-state index contributed by atoms with van der Waals surface area (Å²) in [5.41, 5.74) is 18.3. The lowest BCUT2D eigenvalue weighted by Crippen LogP contribution is -2.59. The van der Waals surface area contributed by atoms with Crippen LogP contribution in [0.1, 0.15) is 98.5 Å². The SMILES string of the molecule is CSCC[C@H](NC(=O)[C@@H]1CCCN1C(=O)CNC(=O)[C@H](CC(N)=O)NC(=O)[C@H](Cc1c[nH]c2ccccc12)NC(=O)[C@H](CC(C)C)NC(=O)[C@@H](N)CC(C)C)C(=O)N[C@@H](CCC(N)=O)C(=O)N[C@H](C(=O)O)C(C)C. The quantitative estimate of drug-likeness (QED) is 0.0422. The Morgan fingerprint density at radius 1 is 0.716 bits per heavy atom. The Hall–Kier alpha value is -6.76. The second kappa shape index (κ2) is 29.8. The number of nitrogens with zero attached hydrogens (tertiary/aromatic N) is 1. The minimum absolute atomic E-state index is 0.0743. The van der Waals surface area contributed by atoms with Gasteiger partial charge in [-0.25, -0.2) is 4.79 Å². The number of carbonyl (C=O) groups excluding carboxylic acids is 10. The molecule has 24 nitrogen and oxygen atoms in total. The number of carboxylic acid groups (broad SMARTS) is 1. The molecule has 1 fully saturated rings. The van der Waals surface area contributed by atoms with Crippen LogP contribution in [0.4, 0.5) is 0 Å². The maximum Gasteiger partial charge on any atom is 0.326 e. The van der Waals surface area contributed by atoms with Gasteiger partial charge in [0.25, 0.3) is 0 Å². The van der Waals surface area contributed by atoms with Crippen LogP contribution in [-0.2, 0) is 59.2 Å². The number of thioether (sulfide) groups is 1. The molecule has 410 valence electrons. The van der Waals surface area contributed by atoms with Gasteiger partial charge in [0, 0.05) is 36.5 Å². The molecule has 2 heterocycles. The predicted molar refractivity (Wildman–Crippen MR) is 276 cm³/mol. The zero-order chi connectivity index (χ0) is 55.4. The van der Waals surface area contributed by atoms with Crippen molar-refractivity contribution in [1.29, 1.82) is 0 Å². The Bertz CT molecular complexity index is 2330. The molecule has 15 N–H and O–H groups in total. The Morgan fingerprint density at radius 3 is 1.91 bits per heavy atom. The molecule has 0 spiro atoms. The molecule has 0 unspecified atom stereocenters. The summed E-state index contributed by atoms with van der Waals surface area (Å²) in [5, 5.41) is 28.3. The number of amides is 10. The van der Waals surface area contributed by atoms with E-state index in [2.05, 4.69) is 42.2 Å². The smallest absolute Gasteiger partial charge is 0.326 e. The Balaban J connectivity index is 1.80. The maximum atomic E-state index is 14.3. The van der Waals surface area contributed by atoms with E-state index in [1.807, 2.05) is 45.9 Å². The van der Waals surface area contributed by atoms with Crippen LogP contribution < -0.4 is 54.4 Å². The first-order chi connectivity index (χ1) is 34.8. The summed E-state index contributed by atoms with van der Waals surface area (Å²) >= 11 is 1.36. The fourth-order valence-electron chi connectivity index (χ4n) is 8.37. The number of fused-ring (bicyclic) bond motifs is 1. The lowest BCUT2D eigenvalue weighted by Gasteiger charge is -2.28. The highest BCUT2D eigenvalue weighted by atomic mass is 32.2. The molecule has 0 saturated carbocycles. The number of primary amides is 2. The summed E-state index contributed by atoms with van der Waals surface area (Å²) < 4.78 is 0. The van der Waals surface area contributed by atoms with E-state index in [-0.39, 0.29) is 56.9 Å². The average molecular weight is 1060 g/mol. The maximum absolute atomic E-state index is 14.3. The van der Waals surface area contributed by atoms with Crippen LogP contribution in [0.25, 0.3) is 10.9 Å². The van der Waals surface area contributed by atoms with E-state index in [0.29, 0.717) is 24.2 Å². The second-order valence-corrected chi connectivity index (χ2v) is 20.7.